The fraction of sp³-hybridized carbons (Fsp3) is 0.389. The van der Waals surface area contributed by atoms with Crippen LogP contribution in [-0.2, 0) is 0 Å². The number of benzene rings is 3. The van der Waals surface area contributed by atoms with Crippen LogP contribution in [0.3, 0.4) is 0 Å². The number of urea groups is 1. The number of rotatable bonds is 18. The third kappa shape index (κ3) is 9.72. The molecule has 0 saturated heterocycles. The monoisotopic (exact) mass is 650 g/mol. The number of hydrogen-bond acceptors (Lipinski definition) is 5. The lowest BCUT2D eigenvalue weighted by molar-refractivity contribution is 0.209. The highest BCUT2D eigenvalue weighted by Crippen LogP contribution is 2.40. The molecule has 0 saturated carbocycles. The first-order valence-corrected chi connectivity index (χ1v) is 16.9. The number of amides is 2. The van der Waals surface area contributed by atoms with Gasteiger partial charge in [-0.25, -0.2) is 18.6 Å². The summed E-state index contributed by atoms with van der Waals surface area (Å²) in [5, 5.41) is 3.43. The lowest BCUT2D eigenvalue weighted by Crippen LogP contribution is -2.36. The predicted octanol–water partition coefficient (Wildman–Crippen LogP) is 9.81. The van der Waals surface area contributed by atoms with Crippen molar-refractivity contribution in [3.05, 3.63) is 78.4 Å². The third-order valence-electron chi connectivity index (χ3n) is 7.72. The lowest BCUT2D eigenvalue weighted by Gasteiger charge is -2.23. The van der Waals surface area contributed by atoms with E-state index in [-0.39, 0.29) is 11.7 Å². The van der Waals surface area contributed by atoms with E-state index in [0.717, 1.165) is 102 Å². The molecule has 0 spiro atoms. The van der Waals surface area contributed by atoms with Gasteiger partial charge >= 0.3 is 6.03 Å². The van der Waals surface area contributed by atoms with Crippen LogP contribution in [-0.4, -0.2) is 54.0 Å². The molecule has 0 aliphatic heterocycles. The number of halogens is 2. The molecule has 2 N–H and O–H groups in total. The molecular formula is C36H44F2N4O3S. The minimum absolute atomic E-state index is 0.0165. The molecule has 46 heavy (non-hydrogen) atoms. The number of nitrogens with one attached hydrogen (secondary N) is 2. The van der Waals surface area contributed by atoms with Gasteiger partial charge in [0.2, 0.25) is 0 Å². The van der Waals surface area contributed by atoms with Crippen LogP contribution in [0.2, 0.25) is 0 Å². The molecule has 7 nitrogen and oxygen atoms in total. The zero-order valence-electron chi connectivity index (χ0n) is 26.9. The molecule has 1 aromatic heterocycles. The van der Waals surface area contributed by atoms with E-state index in [9.17, 15) is 13.6 Å². The number of anilines is 1. The van der Waals surface area contributed by atoms with Crippen molar-refractivity contribution in [3.8, 4) is 34.0 Å². The third-order valence-corrected chi connectivity index (χ3v) is 8.68. The average molecular weight is 651 g/mol. The van der Waals surface area contributed by atoms with Gasteiger partial charge in [0.15, 0.2) is 5.16 Å². The van der Waals surface area contributed by atoms with E-state index in [1.54, 1.807) is 30.9 Å². The van der Waals surface area contributed by atoms with Crippen molar-refractivity contribution in [2.75, 3.05) is 38.4 Å². The number of H-pyrrole nitrogens is 1. The average Bonchev–Trinajstić information content (AvgIpc) is 3.50. The summed E-state index contributed by atoms with van der Waals surface area (Å²) in [6.07, 6.45) is 8.02. The maximum Gasteiger partial charge on any atom is 0.321 e. The van der Waals surface area contributed by atoms with Gasteiger partial charge in [0.05, 0.1) is 25.6 Å². The Morgan fingerprint density at radius 2 is 1.48 bits per heavy atom. The molecule has 4 rings (SSSR count). The van der Waals surface area contributed by atoms with Gasteiger partial charge in [-0.15, -0.1) is 0 Å². The van der Waals surface area contributed by atoms with Crippen LogP contribution in [0.5, 0.6) is 11.5 Å². The van der Waals surface area contributed by atoms with Gasteiger partial charge in [-0.1, -0.05) is 75.1 Å². The summed E-state index contributed by atoms with van der Waals surface area (Å²) in [6.45, 7) is 3.32. The molecule has 246 valence electrons. The largest absolute Gasteiger partial charge is 0.496 e. The Labute approximate surface area is 275 Å². The minimum atomic E-state index is -0.783. The van der Waals surface area contributed by atoms with Gasteiger partial charge in [0, 0.05) is 36.0 Å². The molecule has 0 radical (unpaired) electrons. The van der Waals surface area contributed by atoms with Gasteiger partial charge in [-0.2, -0.15) is 0 Å². The number of ether oxygens (including phenoxy) is 2. The number of aromatic amines is 1. The Kier molecular flexibility index (Phi) is 13.8. The number of carbonyl (C=O) groups excluding carboxylic acids is 1. The molecule has 0 bridgehead atoms. The predicted molar refractivity (Wildman–Crippen MR) is 183 cm³/mol. The van der Waals surface area contributed by atoms with Gasteiger partial charge in [0.25, 0.3) is 0 Å². The Morgan fingerprint density at radius 1 is 0.848 bits per heavy atom. The summed E-state index contributed by atoms with van der Waals surface area (Å²) in [6, 6.07) is 18.5. The van der Waals surface area contributed by atoms with Crippen LogP contribution >= 0.6 is 11.8 Å². The van der Waals surface area contributed by atoms with Crippen molar-refractivity contribution in [2.45, 2.75) is 63.4 Å². The Bertz CT molecular complexity index is 1480. The van der Waals surface area contributed by atoms with E-state index in [1.165, 1.54) is 12.5 Å². The maximum absolute atomic E-state index is 14.2. The second-order valence-electron chi connectivity index (χ2n) is 11.0. The number of para-hydroxylation sites is 2. The second-order valence-corrected chi connectivity index (χ2v) is 12.1. The molecule has 0 fully saturated rings. The van der Waals surface area contributed by atoms with Crippen LogP contribution in [0.25, 0.3) is 22.5 Å². The van der Waals surface area contributed by atoms with Gasteiger partial charge in [-0.05, 0) is 55.7 Å². The van der Waals surface area contributed by atoms with E-state index in [4.69, 9.17) is 14.5 Å². The van der Waals surface area contributed by atoms with E-state index in [2.05, 4.69) is 17.2 Å². The van der Waals surface area contributed by atoms with Crippen molar-refractivity contribution < 1.29 is 23.0 Å². The van der Waals surface area contributed by atoms with Crippen molar-refractivity contribution in [3.63, 3.8) is 0 Å². The van der Waals surface area contributed by atoms with Crippen LogP contribution in [0.1, 0.15) is 58.3 Å². The van der Waals surface area contributed by atoms with Crippen LogP contribution < -0.4 is 14.8 Å². The minimum Gasteiger partial charge on any atom is -0.496 e. The number of imidazole rings is 1. The fourth-order valence-electron chi connectivity index (χ4n) is 5.26. The topological polar surface area (TPSA) is 79.5 Å². The highest BCUT2D eigenvalue weighted by molar-refractivity contribution is 7.99. The molecule has 1 heterocycles. The maximum atomic E-state index is 14.2. The molecule has 3 aromatic carbocycles. The number of hydrogen-bond donors (Lipinski definition) is 2. The lowest BCUT2D eigenvalue weighted by atomic mass is 10.0. The van der Waals surface area contributed by atoms with Crippen molar-refractivity contribution in [1.82, 2.24) is 14.9 Å². The first-order valence-electron chi connectivity index (χ1n) is 16.0. The normalized spacial score (nSPS) is 11.0. The number of aromatic nitrogens is 2. The zero-order valence-corrected chi connectivity index (χ0v) is 27.7. The first kappa shape index (κ1) is 34.8. The molecule has 4 aromatic rings. The standard InChI is InChI=1S/C36H44F2N4O3S/c1-4-5-6-7-13-22-42(36(43)39-30-21-20-26(37)25-29(30)38)23-14-8-15-24-46-35-40-33(27-16-9-11-18-31(27)44-2)34(41-35)28-17-10-12-19-32(28)45-3/h9-12,16-21,25H,4-8,13-15,22-24H2,1-3H3,(H,39,43)(H,40,41). The summed E-state index contributed by atoms with van der Waals surface area (Å²) in [7, 11) is 3.31. The summed E-state index contributed by atoms with van der Waals surface area (Å²) in [5.41, 5.74) is 3.45. The van der Waals surface area contributed by atoms with Crippen molar-refractivity contribution >= 4 is 23.5 Å². The Hall–Kier alpha value is -4.05. The number of unbranched alkanes of at least 4 members (excludes halogenated alkanes) is 6. The highest BCUT2D eigenvalue weighted by Gasteiger charge is 2.20. The quantitative estimate of drug-likeness (QED) is 0.0828. The molecular weight excluding hydrogens is 606 g/mol. The number of carbonyl (C=O) groups is 1. The summed E-state index contributed by atoms with van der Waals surface area (Å²) in [5.74, 6) is 0.869. The van der Waals surface area contributed by atoms with E-state index in [0.29, 0.717) is 13.1 Å². The SMILES string of the molecule is CCCCCCCN(CCCCCSc1nc(-c2ccccc2OC)c(-c2ccccc2OC)[nH]1)C(=O)Nc1ccc(F)cc1F. The summed E-state index contributed by atoms with van der Waals surface area (Å²) >= 11 is 1.65. The molecule has 2 amide bonds. The van der Waals surface area contributed by atoms with E-state index >= 15 is 0 Å². The molecule has 0 aliphatic rings. The van der Waals surface area contributed by atoms with Crippen LogP contribution in [0.15, 0.2) is 71.9 Å². The fourth-order valence-corrected chi connectivity index (χ4v) is 6.13. The molecule has 0 aliphatic carbocycles. The van der Waals surface area contributed by atoms with Crippen molar-refractivity contribution in [2.24, 2.45) is 0 Å². The number of nitrogens with zero attached hydrogens (tertiary/aromatic N) is 2. The smallest absolute Gasteiger partial charge is 0.321 e. The molecule has 0 unspecified atom stereocenters. The van der Waals surface area contributed by atoms with Gasteiger partial charge in [0.1, 0.15) is 28.8 Å². The van der Waals surface area contributed by atoms with Crippen molar-refractivity contribution in [1.29, 1.82) is 0 Å². The highest BCUT2D eigenvalue weighted by atomic mass is 32.2. The summed E-state index contributed by atoms with van der Waals surface area (Å²) in [4.78, 5) is 23.3. The Morgan fingerprint density at radius 3 is 2.15 bits per heavy atom. The zero-order chi connectivity index (χ0) is 32.7. The van der Waals surface area contributed by atoms with E-state index in [1.807, 2.05) is 48.5 Å². The number of methoxy groups -OCH3 is 2. The van der Waals surface area contributed by atoms with Crippen LogP contribution in [0.4, 0.5) is 19.3 Å². The van der Waals surface area contributed by atoms with Gasteiger partial charge < -0.3 is 24.7 Å². The summed E-state index contributed by atoms with van der Waals surface area (Å²) < 4.78 is 38.8. The Balaban J connectivity index is 1.36. The molecule has 10 heteroatoms. The molecule has 0 atom stereocenters. The van der Waals surface area contributed by atoms with Crippen LogP contribution in [0, 0.1) is 11.6 Å². The number of thioether (sulfide) groups is 1. The first-order chi connectivity index (χ1) is 22.4. The second kappa shape index (κ2) is 18.2. The van der Waals surface area contributed by atoms with Gasteiger partial charge in [-0.3, -0.25) is 0 Å². The van der Waals surface area contributed by atoms with E-state index < -0.39 is 11.6 Å².